The summed E-state index contributed by atoms with van der Waals surface area (Å²) in [6.45, 7) is 3.53. The minimum Gasteiger partial charge on any atom is -0.384 e. The fraction of sp³-hybridized carbons (Fsp3) is 0.467. The summed E-state index contributed by atoms with van der Waals surface area (Å²) in [6.07, 6.45) is 5.64. The van der Waals surface area contributed by atoms with Crippen molar-refractivity contribution in [1.82, 2.24) is 19.4 Å². The average Bonchev–Trinajstić information content (AvgIpc) is 2.82. The molecule has 0 unspecified atom stereocenters. The number of aryl methyl sites for hydroxylation is 1. The van der Waals surface area contributed by atoms with Crippen LogP contribution in [0, 0.1) is 0 Å². The minimum absolute atomic E-state index is 0.382. The first-order chi connectivity index (χ1) is 9.78. The Kier molecular flexibility index (Phi) is 3.80. The topological polar surface area (TPSA) is 43.2 Å². The monoisotopic (exact) mass is 272 g/mol. The minimum atomic E-state index is 0.382. The number of nitrogens with zero attached hydrogens (tertiary/aromatic N) is 4. The molecule has 0 saturated heterocycles. The zero-order valence-corrected chi connectivity index (χ0v) is 12.0. The van der Waals surface area contributed by atoms with E-state index >= 15 is 0 Å². The molecule has 0 aliphatic carbocycles. The molecule has 0 saturated carbocycles. The summed E-state index contributed by atoms with van der Waals surface area (Å²) in [7, 11) is 3.82. The molecule has 2 aromatic heterocycles. The van der Waals surface area contributed by atoms with Gasteiger partial charge in [-0.3, -0.25) is 9.88 Å². The van der Waals surface area contributed by atoms with Crippen molar-refractivity contribution in [3.63, 3.8) is 0 Å². The maximum atomic E-state index is 5.38. The van der Waals surface area contributed by atoms with Crippen LogP contribution in [0.2, 0.25) is 0 Å². The van der Waals surface area contributed by atoms with Crippen molar-refractivity contribution in [3.8, 4) is 0 Å². The zero-order chi connectivity index (χ0) is 13.9. The summed E-state index contributed by atoms with van der Waals surface area (Å²) in [4.78, 5) is 11.1. The van der Waals surface area contributed by atoms with Gasteiger partial charge in [0.15, 0.2) is 0 Å². The first-order valence-corrected chi connectivity index (χ1v) is 6.88. The predicted molar refractivity (Wildman–Crippen MR) is 76.2 cm³/mol. The van der Waals surface area contributed by atoms with E-state index in [1.807, 2.05) is 24.8 Å². The van der Waals surface area contributed by atoms with Crippen molar-refractivity contribution in [2.45, 2.75) is 19.0 Å². The highest BCUT2D eigenvalue weighted by Crippen LogP contribution is 2.28. The van der Waals surface area contributed by atoms with Crippen molar-refractivity contribution in [3.05, 3.63) is 47.8 Å². The molecule has 0 radical (unpaired) electrons. The third kappa shape index (κ3) is 2.59. The summed E-state index contributed by atoms with van der Waals surface area (Å²) in [5.41, 5.74) is 3.72. The van der Waals surface area contributed by atoms with E-state index in [0.717, 1.165) is 26.2 Å². The maximum Gasteiger partial charge on any atom is 0.0949 e. The van der Waals surface area contributed by atoms with Gasteiger partial charge in [-0.25, -0.2) is 4.98 Å². The molecule has 20 heavy (non-hydrogen) atoms. The largest absolute Gasteiger partial charge is 0.384 e. The van der Waals surface area contributed by atoms with Crippen LogP contribution in [0.1, 0.15) is 22.9 Å². The van der Waals surface area contributed by atoms with Gasteiger partial charge in [-0.05, 0) is 11.6 Å². The van der Waals surface area contributed by atoms with Crippen LogP contribution in [0.4, 0.5) is 0 Å². The van der Waals surface area contributed by atoms with Gasteiger partial charge in [0.2, 0.25) is 0 Å². The van der Waals surface area contributed by atoms with Crippen LogP contribution in [-0.4, -0.2) is 39.7 Å². The highest BCUT2D eigenvalue weighted by atomic mass is 16.5. The number of imidazole rings is 1. The van der Waals surface area contributed by atoms with Gasteiger partial charge in [0.1, 0.15) is 0 Å². The molecule has 1 atom stereocenters. The van der Waals surface area contributed by atoms with Crippen LogP contribution in [-0.2, 0) is 24.9 Å². The molecule has 3 heterocycles. The lowest BCUT2D eigenvalue weighted by Gasteiger charge is -2.32. The Morgan fingerprint density at radius 1 is 1.45 bits per heavy atom. The summed E-state index contributed by atoms with van der Waals surface area (Å²) >= 11 is 0. The highest BCUT2D eigenvalue weighted by Gasteiger charge is 2.28. The normalized spacial score (nSPS) is 19.0. The number of methoxy groups -OCH3 is 1. The standard InChI is InChI=1S/C15H20N4O/c1-18-11-17-14-9-19(7-12-4-3-5-16-6-12)8-13(10-20-2)15(14)18/h3-6,11,13H,7-10H2,1-2H3/t13-/m0/s1. The van der Waals surface area contributed by atoms with Crippen molar-refractivity contribution in [2.24, 2.45) is 7.05 Å². The van der Waals surface area contributed by atoms with E-state index < -0.39 is 0 Å². The molecule has 0 fully saturated rings. The lowest BCUT2D eigenvalue weighted by atomic mass is 9.98. The Balaban J connectivity index is 1.79. The fourth-order valence-corrected chi connectivity index (χ4v) is 3.01. The Bertz CT molecular complexity index is 567. The van der Waals surface area contributed by atoms with Gasteiger partial charge >= 0.3 is 0 Å². The molecule has 0 amide bonds. The molecule has 1 aliphatic heterocycles. The SMILES string of the molecule is COC[C@@H]1CN(Cc2cccnc2)Cc2ncn(C)c21. The highest BCUT2D eigenvalue weighted by molar-refractivity contribution is 5.22. The third-order valence-electron chi connectivity index (χ3n) is 3.80. The van der Waals surface area contributed by atoms with Gasteiger partial charge in [0, 0.05) is 57.8 Å². The first kappa shape index (κ1) is 13.3. The molecule has 0 N–H and O–H groups in total. The van der Waals surface area contributed by atoms with E-state index in [2.05, 4.69) is 32.5 Å². The smallest absolute Gasteiger partial charge is 0.0949 e. The first-order valence-electron chi connectivity index (χ1n) is 6.88. The van der Waals surface area contributed by atoms with Gasteiger partial charge in [0.25, 0.3) is 0 Å². The Hall–Kier alpha value is -1.72. The number of fused-ring (bicyclic) bond motifs is 1. The van der Waals surface area contributed by atoms with Gasteiger partial charge in [0.05, 0.1) is 18.6 Å². The van der Waals surface area contributed by atoms with Crippen LogP contribution in [0.15, 0.2) is 30.9 Å². The van der Waals surface area contributed by atoms with Crippen LogP contribution in [0.5, 0.6) is 0 Å². The molecule has 3 rings (SSSR count). The van der Waals surface area contributed by atoms with Crippen LogP contribution >= 0.6 is 0 Å². The van der Waals surface area contributed by atoms with Gasteiger partial charge in [-0.2, -0.15) is 0 Å². The van der Waals surface area contributed by atoms with E-state index in [0.29, 0.717) is 5.92 Å². The molecule has 0 bridgehead atoms. The molecule has 106 valence electrons. The molecule has 5 heteroatoms. The molecule has 0 aromatic carbocycles. The van der Waals surface area contributed by atoms with E-state index in [1.165, 1.54) is 17.0 Å². The van der Waals surface area contributed by atoms with E-state index in [4.69, 9.17) is 4.74 Å². The Morgan fingerprint density at radius 2 is 2.35 bits per heavy atom. The zero-order valence-electron chi connectivity index (χ0n) is 12.0. The Morgan fingerprint density at radius 3 is 3.10 bits per heavy atom. The van der Waals surface area contributed by atoms with Crippen LogP contribution in [0.25, 0.3) is 0 Å². The van der Waals surface area contributed by atoms with Crippen molar-refractivity contribution in [1.29, 1.82) is 0 Å². The molecule has 1 aliphatic rings. The second kappa shape index (κ2) is 5.73. The van der Waals surface area contributed by atoms with Crippen molar-refractivity contribution < 1.29 is 4.74 Å². The predicted octanol–water partition coefficient (Wildman–Crippen LogP) is 1.56. The summed E-state index contributed by atoms with van der Waals surface area (Å²) < 4.78 is 7.51. The van der Waals surface area contributed by atoms with Crippen LogP contribution in [0.3, 0.4) is 0 Å². The molecule has 2 aromatic rings. The molecule has 5 nitrogen and oxygen atoms in total. The molecular formula is C15H20N4O. The number of ether oxygens (including phenoxy) is 1. The number of hydrogen-bond donors (Lipinski definition) is 0. The third-order valence-corrected chi connectivity index (χ3v) is 3.80. The average molecular weight is 272 g/mol. The molecular weight excluding hydrogens is 252 g/mol. The number of pyridine rings is 1. The summed E-state index contributed by atoms with van der Waals surface area (Å²) in [6, 6.07) is 4.10. The fourth-order valence-electron chi connectivity index (χ4n) is 3.01. The number of aromatic nitrogens is 3. The second-order valence-electron chi connectivity index (χ2n) is 5.37. The maximum absolute atomic E-state index is 5.38. The van der Waals surface area contributed by atoms with Crippen LogP contribution < -0.4 is 0 Å². The summed E-state index contributed by atoms with van der Waals surface area (Å²) in [5.74, 6) is 0.382. The van der Waals surface area contributed by atoms with E-state index in [1.54, 1.807) is 7.11 Å². The summed E-state index contributed by atoms with van der Waals surface area (Å²) in [5, 5.41) is 0. The van der Waals surface area contributed by atoms with Crippen molar-refractivity contribution in [2.75, 3.05) is 20.3 Å². The van der Waals surface area contributed by atoms with Gasteiger partial charge < -0.3 is 9.30 Å². The second-order valence-corrected chi connectivity index (χ2v) is 5.37. The lowest BCUT2D eigenvalue weighted by Crippen LogP contribution is -2.35. The van der Waals surface area contributed by atoms with Gasteiger partial charge in [-0.1, -0.05) is 6.07 Å². The van der Waals surface area contributed by atoms with Crippen molar-refractivity contribution >= 4 is 0 Å². The Labute approximate surface area is 119 Å². The molecule has 0 spiro atoms. The van der Waals surface area contributed by atoms with E-state index in [9.17, 15) is 0 Å². The lowest BCUT2D eigenvalue weighted by molar-refractivity contribution is 0.132. The quantitative estimate of drug-likeness (QED) is 0.847. The number of hydrogen-bond acceptors (Lipinski definition) is 4. The van der Waals surface area contributed by atoms with E-state index in [-0.39, 0.29) is 0 Å². The number of rotatable bonds is 4. The van der Waals surface area contributed by atoms with Gasteiger partial charge in [-0.15, -0.1) is 0 Å².